The van der Waals surface area contributed by atoms with E-state index in [9.17, 15) is 13.6 Å². The van der Waals surface area contributed by atoms with Gasteiger partial charge >= 0.3 is 5.97 Å². The summed E-state index contributed by atoms with van der Waals surface area (Å²) in [7, 11) is 0. The zero-order valence-corrected chi connectivity index (χ0v) is 8.44. The number of carboxylic acids is 1. The van der Waals surface area contributed by atoms with E-state index in [1.807, 2.05) is 0 Å². The summed E-state index contributed by atoms with van der Waals surface area (Å²) in [5.41, 5.74) is -0.0422. The maximum atomic E-state index is 12.4. The number of rotatable bonds is 4. The topological polar surface area (TPSA) is 55.1 Å². The minimum Gasteiger partial charge on any atom is -0.480 e. The minimum absolute atomic E-state index is 0.305. The molecule has 4 nitrogen and oxygen atoms in total. The summed E-state index contributed by atoms with van der Waals surface area (Å²) in [5.74, 6) is -1.07. The molecule has 0 fully saturated rings. The summed E-state index contributed by atoms with van der Waals surface area (Å²) in [6, 6.07) is -0.879. The molecule has 1 heterocycles. The van der Waals surface area contributed by atoms with Crippen LogP contribution < -0.4 is 0 Å². The number of carbonyl (C=O) groups is 1. The van der Waals surface area contributed by atoms with E-state index in [1.54, 1.807) is 6.92 Å². The summed E-state index contributed by atoms with van der Waals surface area (Å²) in [6.07, 6.45) is -1.03. The Morgan fingerprint density at radius 3 is 2.60 bits per heavy atom. The van der Waals surface area contributed by atoms with E-state index < -0.39 is 18.4 Å². The summed E-state index contributed by atoms with van der Waals surface area (Å²) in [4.78, 5) is 10.8. The fraction of sp³-hybridized carbons (Fsp3) is 0.556. The highest BCUT2D eigenvalue weighted by Crippen LogP contribution is 2.22. The van der Waals surface area contributed by atoms with Crippen LogP contribution in [0.25, 0.3) is 0 Å². The Balaban J connectivity index is 3.05. The van der Waals surface area contributed by atoms with E-state index in [-0.39, 0.29) is 5.69 Å². The number of aliphatic carboxylic acids is 1. The van der Waals surface area contributed by atoms with Crippen LogP contribution in [0.5, 0.6) is 0 Å². The van der Waals surface area contributed by atoms with Crippen molar-refractivity contribution in [2.24, 2.45) is 0 Å². The van der Waals surface area contributed by atoms with Crippen LogP contribution in [0.2, 0.25) is 0 Å². The largest absolute Gasteiger partial charge is 0.480 e. The average molecular weight is 218 g/mol. The highest BCUT2D eigenvalue weighted by molar-refractivity contribution is 5.71. The van der Waals surface area contributed by atoms with Crippen molar-refractivity contribution < 1.29 is 18.7 Å². The molecule has 0 radical (unpaired) electrons. The molecule has 0 spiro atoms. The van der Waals surface area contributed by atoms with E-state index in [2.05, 4.69) is 5.10 Å². The fourth-order valence-corrected chi connectivity index (χ4v) is 1.35. The van der Waals surface area contributed by atoms with E-state index in [0.717, 1.165) is 4.68 Å². The van der Waals surface area contributed by atoms with Crippen LogP contribution >= 0.6 is 0 Å². The van der Waals surface area contributed by atoms with Gasteiger partial charge in [-0.05, 0) is 18.9 Å². The number of aromatic nitrogens is 2. The predicted octanol–water partition coefficient (Wildman–Crippen LogP) is 2.16. The van der Waals surface area contributed by atoms with Gasteiger partial charge in [0.1, 0.15) is 11.7 Å². The number of halogens is 2. The highest BCUT2D eigenvalue weighted by Gasteiger charge is 2.22. The van der Waals surface area contributed by atoms with Gasteiger partial charge in [0.15, 0.2) is 0 Å². The molecule has 6 heteroatoms. The van der Waals surface area contributed by atoms with Gasteiger partial charge in [0.05, 0.1) is 0 Å². The molecule has 0 saturated carbocycles. The number of aryl methyl sites for hydroxylation is 1. The Hall–Kier alpha value is -1.46. The lowest BCUT2D eigenvalue weighted by atomic mass is 10.2. The number of carboxylic acid groups (broad SMARTS) is 1. The Labute approximate surface area is 85.5 Å². The maximum absolute atomic E-state index is 12.4. The van der Waals surface area contributed by atoms with Gasteiger partial charge in [-0.3, -0.25) is 4.68 Å². The first kappa shape index (κ1) is 11.6. The SMILES string of the molecule is CC[C@@H](C(=O)O)n1cc(C)c(C(F)F)n1. The first-order valence-corrected chi connectivity index (χ1v) is 4.54. The van der Waals surface area contributed by atoms with Gasteiger partial charge in [0.25, 0.3) is 6.43 Å². The molecular formula is C9H12F2N2O2. The first-order chi connectivity index (χ1) is 6.97. The lowest BCUT2D eigenvalue weighted by Gasteiger charge is -2.09. The minimum atomic E-state index is -2.67. The van der Waals surface area contributed by atoms with Crippen molar-refractivity contribution in [3.05, 3.63) is 17.5 Å². The molecule has 84 valence electrons. The number of nitrogens with zero attached hydrogens (tertiary/aromatic N) is 2. The third kappa shape index (κ3) is 2.31. The number of hydrogen-bond donors (Lipinski definition) is 1. The summed E-state index contributed by atoms with van der Waals surface area (Å²) in [6.45, 7) is 3.15. The second kappa shape index (κ2) is 4.37. The summed E-state index contributed by atoms with van der Waals surface area (Å²) < 4.78 is 25.9. The molecule has 0 aliphatic heterocycles. The van der Waals surface area contributed by atoms with Gasteiger partial charge in [0.2, 0.25) is 0 Å². The Bertz CT molecular complexity index is 363. The van der Waals surface area contributed by atoms with E-state index >= 15 is 0 Å². The summed E-state index contributed by atoms with van der Waals surface area (Å²) >= 11 is 0. The molecule has 0 saturated heterocycles. The smallest absolute Gasteiger partial charge is 0.328 e. The van der Waals surface area contributed by atoms with E-state index in [1.165, 1.54) is 13.1 Å². The third-order valence-electron chi connectivity index (χ3n) is 2.15. The van der Waals surface area contributed by atoms with Crippen molar-refractivity contribution in [3.63, 3.8) is 0 Å². The Morgan fingerprint density at radius 2 is 2.27 bits per heavy atom. The van der Waals surface area contributed by atoms with E-state index in [4.69, 9.17) is 5.11 Å². The molecule has 0 aromatic carbocycles. The molecule has 0 bridgehead atoms. The van der Waals surface area contributed by atoms with Gasteiger partial charge in [-0.2, -0.15) is 5.10 Å². The normalized spacial score (nSPS) is 13.1. The zero-order chi connectivity index (χ0) is 11.6. The fourth-order valence-electron chi connectivity index (χ4n) is 1.35. The molecule has 0 unspecified atom stereocenters. The van der Waals surface area contributed by atoms with Crippen molar-refractivity contribution in [2.75, 3.05) is 0 Å². The number of hydrogen-bond acceptors (Lipinski definition) is 2. The Morgan fingerprint density at radius 1 is 1.67 bits per heavy atom. The van der Waals surface area contributed by atoms with Gasteiger partial charge in [0, 0.05) is 6.20 Å². The van der Waals surface area contributed by atoms with Crippen molar-refractivity contribution in [1.29, 1.82) is 0 Å². The number of alkyl halides is 2. The molecule has 0 aliphatic rings. The van der Waals surface area contributed by atoms with Crippen LogP contribution in [0.4, 0.5) is 8.78 Å². The average Bonchev–Trinajstić information content (AvgIpc) is 2.48. The third-order valence-corrected chi connectivity index (χ3v) is 2.15. The van der Waals surface area contributed by atoms with Crippen LogP contribution in [0, 0.1) is 6.92 Å². The molecule has 1 N–H and O–H groups in total. The lowest BCUT2D eigenvalue weighted by molar-refractivity contribution is -0.141. The highest BCUT2D eigenvalue weighted by atomic mass is 19.3. The van der Waals surface area contributed by atoms with Crippen LogP contribution in [-0.2, 0) is 4.79 Å². The van der Waals surface area contributed by atoms with Crippen molar-refractivity contribution in [1.82, 2.24) is 9.78 Å². The molecule has 1 aromatic heterocycles. The van der Waals surface area contributed by atoms with Crippen LogP contribution in [0.15, 0.2) is 6.20 Å². The molecule has 1 aromatic rings. The first-order valence-electron chi connectivity index (χ1n) is 4.54. The van der Waals surface area contributed by atoms with Gasteiger partial charge in [-0.1, -0.05) is 6.92 Å². The molecule has 0 amide bonds. The molecular weight excluding hydrogens is 206 g/mol. The molecule has 15 heavy (non-hydrogen) atoms. The van der Waals surface area contributed by atoms with Gasteiger partial charge < -0.3 is 5.11 Å². The van der Waals surface area contributed by atoms with Crippen molar-refractivity contribution in [3.8, 4) is 0 Å². The maximum Gasteiger partial charge on any atom is 0.328 e. The van der Waals surface area contributed by atoms with Crippen LogP contribution in [0.3, 0.4) is 0 Å². The monoisotopic (exact) mass is 218 g/mol. The van der Waals surface area contributed by atoms with Crippen LogP contribution in [-0.4, -0.2) is 20.9 Å². The zero-order valence-electron chi connectivity index (χ0n) is 8.44. The summed E-state index contributed by atoms with van der Waals surface area (Å²) in [5, 5.41) is 12.4. The van der Waals surface area contributed by atoms with Crippen molar-refractivity contribution >= 4 is 5.97 Å². The standard InChI is InChI=1S/C9H12F2N2O2/c1-3-6(9(14)15)13-4-5(2)7(12-13)8(10)11/h4,6,8H,3H2,1-2H3,(H,14,15)/t6-/m0/s1. The molecule has 1 atom stereocenters. The van der Waals surface area contributed by atoms with E-state index in [0.29, 0.717) is 12.0 Å². The van der Waals surface area contributed by atoms with Crippen LogP contribution in [0.1, 0.15) is 37.1 Å². The second-order valence-corrected chi connectivity index (χ2v) is 3.24. The lowest BCUT2D eigenvalue weighted by Crippen LogP contribution is -2.18. The van der Waals surface area contributed by atoms with Crippen molar-refractivity contribution in [2.45, 2.75) is 32.7 Å². The molecule has 1 rings (SSSR count). The molecule has 0 aliphatic carbocycles. The van der Waals surface area contributed by atoms with Gasteiger partial charge in [-0.15, -0.1) is 0 Å². The predicted molar refractivity (Wildman–Crippen MR) is 48.9 cm³/mol. The Kier molecular flexibility index (Phi) is 3.39. The second-order valence-electron chi connectivity index (χ2n) is 3.24. The van der Waals surface area contributed by atoms with Gasteiger partial charge in [-0.25, -0.2) is 13.6 Å². The quantitative estimate of drug-likeness (QED) is 0.842.